The van der Waals surface area contributed by atoms with Crippen LogP contribution in [0.5, 0.6) is 11.6 Å². The number of nitrogens with one attached hydrogen (secondary N) is 1. The molecule has 1 aromatic heterocycles. The molecule has 2 atom stereocenters. The third-order valence-corrected chi connectivity index (χ3v) is 3.98. The van der Waals surface area contributed by atoms with Gasteiger partial charge in [-0.1, -0.05) is 18.2 Å². The van der Waals surface area contributed by atoms with Gasteiger partial charge in [-0.05, 0) is 43.0 Å². The molecule has 0 saturated heterocycles. The fourth-order valence-electron chi connectivity index (χ4n) is 2.76. The Hall–Kier alpha value is -2.56. The summed E-state index contributed by atoms with van der Waals surface area (Å²) in [5.41, 5.74) is 1.70. The minimum atomic E-state index is -0.0408. The van der Waals surface area contributed by atoms with Crippen LogP contribution >= 0.6 is 0 Å². The number of pyridine rings is 1. The summed E-state index contributed by atoms with van der Waals surface area (Å²) in [6, 6.07) is 11.4. The third kappa shape index (κ3) is 3.28. The molecule has 3 rings (SSSR count). The lowest BCUT2D eigenvalue weighted by Gasteiger charge is -2.10. The van der Waals surface area contributed by atoms with Crippen molar-refractivity contribution >= 4 is 11.6 Å². The lowest BCUT2D eigenvalue weighted by molar-refractivity contribution is -0.117. The van der Waals surface area contributed by atoms with E-state index in [2.05, 4.69) is 10.3 Å². The molecule has 23 heavy (non-hydrogen) atoms. The highest BCUT2D eigenvalue weighted by molar-refractivity contribution is 5.96. The van der Waals surface area contributed by atoms with Gasteiger partial charge in [0.05, 0.1) is 13.7 Å². The molecule has 1 heterocycles. The molecule has 1 amide bonds. The van der Waals surface area contributed by atoms with Crippen molar-refractivity contribution in [1.29, 1.82) is 0 Å². The van der Waals surface area contributed by atoms with Crippen LogP contribution in [-0.2, 0) is 4.79 Å². The van der Waals surface area contributed by atoms with E-state index in [1.165, 1.54) is 0 Å². The molecular weight excluding hydrogens is 292 g/mol. The topological polar surface area (TPSA) is 60.5 Å². The summed E-state index contributed by atoms with van der Waals surface area (Å²) in [5.74, 6) is 1.45. The van der Waals surface area contributed by atoms with Crippen LogP contribution in [0.15, 0.2) is 42.6 Å². The van der Waals surface area contributed by atoms with Gasteiger partial charge < -0.3 is 14.8 Å². The molecule has 0 unspecified atom stereocenters. The van der Waals surface area contributed by atoms with Gasteiger partial charge in [0.1, 0.15) is 11.4 Å². The number of ether oxygens (including phenoxy) is 2. The molecule has 1 N–H and O–H groups in total. The zero-order chi connectivity index (χ0) is 16.2. The highest BCUT2D eigenvalue weighted by atomic mass is 16.5. The van der Waals surface area contributed by atoms with E-state index in [0.717, 1.165) is 17.7 Å². The van der Waals surface area contributed by atoms with Crippen LogP contribution in [-0.4, -0.2) is 24.6 Å². The number of para-hydroxylation sites is 1. The van der Waals surface area contributed by atoms with Crippen molar-refractivity contribution in [1.82, 2.24) is 4.98 Å². The molecule has 1 fully saturated rings. The molecular formula is C18H20N2O3. The van der Waals surface area contributed by atoms with Crippen molar-refractivity contribution in [3.05, 3.63) is 48.2 Å². The maximum Gasteiger partial charge on any atom is 0.237 e. The van der Waals surface area contributed by atoms with Crippen molar-refractivity contribution in [3.8, 4) is 11.6 Å². The van der Waals surface area contributed by atoms with Crippen molar-refractivity contribution in [2.75, 3.05) is 19.0 Å². The standard InChI is InChI=1S/C18H20N2O3/c1-3-23-18-15(8-6-10-19-18)20-17(21)14-11-13(14)12-7-4-5-9-16(12)22-2/h4-10,13-14H,3,11H2,1-2H3,(H,20,21)/t13-,14-/m0/s1. The fraction of sp³-hybridized carbons (Fsp3) is 0.333. The van der Waals surface area contributed by atoms with Crippen LogP contribution in [0.1, 0.15) is 24.8 Å². The normalized spacial score (nSPS) is 19.0. The summed E-state index contributed by atoms with van der Waals surface area (Å²) in [6.45, 7) is 2.39. The van der Waals surface area contributed by atoms with Crippen molar-refractivity contribution in [3.63, 3.8) is 0 Å². The summed E-state index contributed by atoms with van der Waals surface area (Å²) in [4.78, 5) is 16.6. The lowest BCUT2D eigenvalue weighted by atomic mass is 10.1. The van der Waals surface area contributed by atoms with Crippen molar-refractivity contribution in [2.45, 2.75) is 19.3 Å². The average Bonchev–Trinajstić information content (AvgIpc) is 3.37. The Labute approximate surface area is 135 Å². The number of anilines is 1. The zero-order valence-electron chi connectivity index (χ0n) is 13.3. The Balaban J connectivity index is 1.69. The highest BCUT2D eigenvalue weighted by Gasteiger charge is 2.45. The molecule has 1 aromatic carbocycles. The van der Waals surface area contributed by atoms with Crippen LogP contribution in [0.3, 0.4) is 0 Å². The van der Waals surface area contributed by atoms with Crippen molar-refractivity contribution in [2.24, 2.45) is 5.92 Å². The van der Waals surface area contributed by atoms with E-state index in [0.29, 0.717) is 18.2 Å². The van der Waals surface area contributed by atoms with E-state index in [1.54, 1.807) is 25.4 Å². The molecule has 1 aliphatic rings. The maximum absolute atomic E-state index is 12.5. The van der Waals surface area contributed by atoms with Gasteiger partial charge in [0.15, 0.2) is 0 Å². The minimum Gasteiger partial charge on any atom is -0.496 e. The van der Waals surface area contributed by atoms with Gasteiger partial charge in [-0.15, -0.1) is 0 Å². The van der Waals surface area contributed by atoms with E-state index in [1.807, 2.05) is 31.2 Å². The molecule has 0 aliphatic heterocycles. The number of aromatic nitrogens is 1. The predicted octanol–water partition coefficient (Wildman–Crippen LogP) is 3.23. The Kier molecular flexibility index (Phi) is 4.46. The first-order chi connectivity index (χ1) is 11.2. The molecule has 1 saturated carbocycles. The number of nitrogens with zero attached hydrogens (tertiary/aromatic N) is 1. The van der Waals surface area contributed by atoms with Gasteiger partial charge in [-0.3, -0.25) is 4.79 Å². The number of amides is 1. The Bertz CT molecular complexity index is 702. The Morgan fingerprint density at radius 3 is 2.91 bits per heavy atom. The number of methoxy groups -OCH3 is 1. The predicted molar refractivity (Wildman–Crippen MR) is 87.9 cm³/mol. The summed E-state index contributed by atoms with van der Waals surface area (Å²) in [6.07, 6.45) is 2.48. The first-order valence-electron chi connectivity index (χ1n) is 7.76. The minimum absolute atomic E-state index is 0.00476. The number of hydrogen-bond donors (Lipinski definition) is 1. The highest BCUT2D eigenvalue weighted by Crippen LogP contribution is 2.50. The average molecular weight is 312 g/mol. The van der Waals surface area contributed by atoms with E-state index in [9.17, 15) is 4.79 Å². The van der Waals surface area contributed by atoms with Crippen molar-refractivity contribution < 1.29 is 14.3 Å². The largest absolute Gasteiger partial charge is 0.496 e. The summed E-state index contributed by atoms with van der Waals surface area (Å²) in [5, 5.41) is 2.93. The second-order valence-corrected chi connectivity index (χ2v) is 5.47. The van der Waals surface area contributed by atoms with Gasteiger partial charge in [-0.25, -0.2) is 4.98 Å². The van der Waals surface area contributed by atoms with Gasteiger partial charge in [0.25, 0.3) is 0 Å². The Morgan fingerprint density at radius 2 is 2.13 bits per heavy atom. The zero-order valence-corrected chi connectivity index (χ0v) is 13.3. The second kappa shape index (κ2) is 6.69. The molecule has 0 radical (unpaired) electrons. The summed E-state index contributed by atoms with van der Waals surface area (Å²) < 4.78 is 10.8. The van der Waals surface area contributed by atoms with Crippen LogP contribution in [0, 0.1) is 5.92 Å². The van der Waals surface area contributed by atoms with Gasteiger partial charge in [0, 0.05) is 12.1 Å². The maximum atomic E-state index is 12.5. The smallest absolute Gasteiger partial charge is 0.237 e. The first kappa shape index (κ1) is 15.3. The second-order valence-electron chi connectivity index (χ2n) is 5.47. The Morgan fingerprint density at radius 1 is 1.30 bits per heavy atom. The molecule has 120 valence electrons. The fourth-order valence-corrected chi connectivity index (χ4v) is 2.76. The lowest BCUT2D eigenvalue weighted by Crippen LogP contribution is -2.16. The van der Waals surface area contributed by atoms with Gasteiger partial charge in [-0.2, -0.15) is 0 Å². The van der Waals surface area contributed by atoms with E-state index in [4.69, 9.17) is 9.47 Å². The molecule has 1 aliphatic carbocycles. The van der Waals surface area contributed by atoms with E-state index in [-0.39, 0.29) is 17.7 Å². The number of rotatable bonds is 6. The SMILES string of the molecule is CCOc1ncccc1NC(=O)[C@H]1C[C@H]1c1ccccc1OC. The number of carbonyl (C=O) groups is 1. The summed E-state index contributed by atoms with van der Waals surface area (Å²) in [7, 11) is 1.65. The van der Waals surface area contributed by atoms with Crippen LogP contribution in [0.25, 0.3) is 0 Å². The number of hydrogen-bond acceptors (Lipinski definition) is 4. The molecule has 5 nitrogen and oxygen atoms in total. The molecule has 0 bridgehead atoms. The van der Waals surface area contributed by atoms with E-state index < -0.39 is 0 Å². The number of carbonyl (C=O) groups excluding carboxylic acids is 1. The van der Waals surface area contributed by atoms with Crippen LogP contribution in [0.2, 0.25) is 0 Å². The number of benzene rings is 1. The third-order valence-electron chi connectivity index (χ3n) is 3.98. The van der Waals surface area contributed by atoms with E-state index >= 15 is 0 Å². The molecule has 5 heteroatoms. The molecule has 2 aromatic rings. The van der Waals surface area contributed by atoms with Gasteiger partial charge >= 0.3 is 0 Å². The summed E-state index contributed by atoms with van der Waals surface area (Å²) >= 11 is 0. The van der Waals surface area contributed by atoms with Crippen LogP contribution in [0.4, 0.5) is 5.69 Å². The van der Waals surface area contributed by atoms with Crippen LogP contribution < -0.4 is 14.8 Å². The first-order valence-corrected chi connectivity index (χ1v) is 7.76. The van der Waals surface area contributed by atoms with Gasteiger partial charge in [0.2, 0.25) is 11.8 Å². The monoisotopic (exact) mass is 312 g/mol. The molecule has 0 spiro atoms. The quantitative estimate of drug-likeness (QED) is 0.889.